The van der Waals surface area contributed by atoms with Crippen molar-refractivity contribution < 1.29 is 23.7 Å². The molecular weight excluding hydrogens is 456 g/mol. The van der Waals surface area contributed by atoms with Gasteiger partial charge in [0.15, 0.2) is 11.5 Å². The minimum Gasteiger partial charge on any atom is -0.497 e. The molecule has 0 fully saturated rings. The molecule has 7 nitrogen and oxygen atoms in total. The van der Waals surface area contributed by atoms with Crippen LogP contribution in [0.5, 0.6) is 23.0 Å². The van der Waals surface area contributed by atoms with Crippen LogP contribution in [0, 0.1) is 0 Å². The third-order valence-corrected chi connectivity index (χ3v) is 5.69. The summed E-state index contributed by atoms with van der Waals surface area (Å²) in [5, 5.41) is 4.02. The van der Waals surface area contributed by atoms with Gasteiger partial charge in [-0.2, -0.15) is 0 Å². The molecule has 1 heterocycles. The second-order valence-corrected chi connectivity index (χ2v) is 7.86. The molecule has 0 bridgehead atoms. The molecular formula is C29H28N2O5. The van der Waals surface area contributed by atoms with Crippen molar-refractivity contribution in [1.29, 1.82) is 0 Å². The number of ether oxygens (including phenoxy) is 4. The number of nitrogens with one attached hydrogen (secondary N) is 2. The molecule has 0 spiro atoms. The number of rotatable bonds is 9. The number of amides is 1. The lowest BCUT2D eigenvalue weighted by atomic mass is 10.1. The van der Waals surface area contributed by atoms with Gasteiger partial charge >= 0.3 is 0 Å². The topological polar surface area (TPSA) is 81.8 Å². The van der Waals surface area contributed by atoms with E-state index in [-0.39, 0.29) is 5.91 Å². The molecule has 0 unspecified atom stereocenters. The van der Waals surface area contributed by atoms with Gasteiger partial charge in [-0.1, -0.05) is 30.4 Å². The molecule has 184 valence electrons. The summed E-state index contributed by atoms with van der Waals surface area (Å²) < 4.78 is 21.7. The molecule has 0 aliphatic heterocycles. The third kappa shape index (κ3) is 5.36. The Balaban J connectivity index is 1.59. The molecule has 0 saturated heterocycles. The number of para-hydroxylation sites is 1. The van der Waals surface area contributed by atoms with Crippen molar-refractivity contribution in [2.75, 3.05) is 33.8 Å². The van der Waals surface area contributed by atoms with E-state index < -0.39 is 0 Å². The SMILES string of the molecule is COc1ccc(NC(=O)/C=C/c2c[nH]c3ccccc23)c(/C=C/c2cc(OC)c(OC)c(OC)c2)c1. The first kappa shape index (κ1) is 24.5. The fourth-order valence-corrected chi connectivity index (χ4v) is 3.87. The summed E-state index contributed by atoms with van der Waals surface area (Å²) in [5.74, 6) is 2.06. The van der Waals surface area contributed by atoms with E-state index in [4.69, 9.17) is 18.9 Å². The Kier molecular flexibility index (Phi) is 7.60. The number of hydrogen-bond acceptors (Lipinski definition) is 5. The largest absolute Gasteiger partial charge is 0.497 e. The predicted octanol–water partition coefficient (Wildman–Crippen LogP) is 6.02. The monoisotopic (exact) mass is 484 g/mol. The highest BCUT2D eigenvalue weighted by atomic mass is 16.5. The van der Waals surface area contributed by atoms with Gasteiger partial charge in [-0.05, 0) is 53.6 Å². The van der Waals surface area contributed by atoms with E-state index in [1.54, 1.807) is 40.6 Å². The molecule has 3 aromatic carbocycles. The number of carbonyl (C=O) groups excluding carboxylic acids is 1. The molecule has 4 aromatic rings. The second kappa shape index (κ2) is 11.2. The fourth-order valence-electron chi connectivity index (χ4n) is 3.87. The number of carbonyl (C=O) groups is 1. The first-order valence-corrected chi connectivity index (χ1v) is 11.3. The van der Waals surface area contributed by atoms with Gasteiger partial charge in [0, 0.05) is 34.4 Å². The van der Waals surface area contributed by atoms with E-state index in [0.29, 0.717) is 28.7 Å². The molecule has 0 aliphatic carbocycles. The van der Waals surface area contributed by atoms with Crippen molar-refractivity contribution in [3.05, 3.63) is 83.6 Å². The molecule has 1 aromatic heterocycles. The van der Waals surface area contributed by atoms with Crippen LogP contribution in [-0.2, 0) is 4.79 Å². The van der Waals surface area contributed by atoms with Gasteiger partial charge in [0.05, 0.1) is 28.4 Å². The van der Waals surface area contributed by atoms with E-state index in [2.05, 4.69) is 10.3 Å². The maximum absolute atomic E-state index is 12.8. The highest BCUT2D eigenvalue weighted by Crippen LogP contribution is 2.38. The number of benzene rings is 3. The summed E-state index contributed by atoms with van der Waals surface area (Å²) in [5.41, 5.74) is 4.22. The molecule has 0 atom stereocenters. The molecule has 0 aliphatic rings. The van der Waals surface area contributed by atoms with Crippen LogP contribution in [0.3, 0.4) is 0 Å². The van der Waals surface area contributed by atoms with Gasteiger partial charge in [-0.3, -0.25) is 4.79 Å². The van der Waals surface area contributed by atoms with Gasteiger partial charge in [-0.25, -0.2) is 0 Å². The molecule has 36 heavy (non-hydrogen) atoms. The Morgan fingerprint density at radius 2 is 1.56 bits per heavy atom. The van der Waals surface area contributed by atoms with Gasteiger partial charge in [0.2, 0.25) is 11.7 Å². The lowest BCUT2D eigenvalue weighted by Gasteiger charge is -2.13. The fraction of sp³-hybridized carbons (Fsp3) is 0.138. The molecule has 0 saturated carbocycles. The molecule has 0 radical (unpaired) electrons. The Bertz CT molecular complexity index is 1410. The third-order valence-electron chi connectivity index (χ3n) is 5.69. The molecule has 4 rings (SSSR count). The summed E-state index contributed by atoms with van der Waals surface area (Å²) in [4.78, 5) is 16.0. The summed E-state index contributed by atoms with van der Waals surface area (Å²) >= 11 is 0. The summed E-state index contributed by atoms with van der Waals surface area (Å²) in [7, 11) is 6.31. The van der Waals surface area contributed by atoms with Crippen molar-refractivity contribution >= 4 is 40.7 Å². The van der Waals surface area contributed by atoms with Gasteiger partial charge in [-0.15, -0.1) is 0 Å². The first-order valence-electron chi connectivity index (χ1n) is 11.3. The number of anilines is 1. The minimum absolute atomic E-state index is 0.243. The average Bonchev–Trinajstić information content (AvgIpc) is 3.33. The number of H-pyrrole nitrogens is 1. The van der Waals surface area contributed by atoms with E-state index in [0.717, 1.165) is 27.6 Å². The molecule has 1 amide bonds. The second-order valence-electron chi connectivity index (χ2n) is 7.86. The Morgan fingerprint density at radius 1 is 0.806 bits per heavy atom. The first-order chi connectivity index (χ1) is 17.6. The number of aromatic nitrogens is 1. The van der Waals surface area contributed by atoms with Crippen LogP contribution in [0.15, 0.2) is 66.9 Å². The predicted molar refractivity (Wildman–Crippen MR) is 144 cm³/mol. The van der Waals surface area contributed by atoms with Crippen molar-refractivity contribution in [2.45, 2.75) is 0 Å². The number of methoxy groups -OCH3 is 4. The van der Waals surface area contributed by atoms with E-state index in [1.807, 2.05) is 66.9 Å². The number of fused-ring (bicyclic) bond motifs is 1. The van der Waals surface area contributed by atoms with Gasteiger partial charge < -0.3 is 29.2 Å². The quantitative estimate of drug-likeness (QED) is 0.224. The van der Waals surface area contributed by atoms with Crippen LogP contribution in [0.1, 0.15) is 16.7 Å². The Morgan fingerprint density at radius 3 is 2.25 bits per heavy atom. The van der Waals surface area contributed by atoms with E-state index >= 15 is 0 Å². The van der Waals surface area contributed by atoms with E-state index in [1.165, 1.54) is 6.08 Å². The lowest BCUT2D eigenvalue weighted by molar-refractivity contribution is -0.111. The van der Waals surface area contributed by atoms with Crippen molar-refractivity contribution in [1.82, 2.24) is 4.98 Å². The van der Waals surface area contributed by atoms with Gasteiger partial charge in [0.25, 0.3) is 0 Å². The van der Waals surface area contributed by atoms with Crippen molar-refractivity contribution in [3.8, 4) is 23.0 Å². The van der Waals surface area contributed by atoms with Crippen LogP contribution < -0.4 is 24.3 Å². The Labute approximate surface area is 210 Å². The van der Waals surface area contributed by atoms with Crippen molar-refractivity contribution in [2.24, 2.45) is 0 Å². The van der Waals surface area contributed by atoms with Crippen LogP contribution in [0.25, 0.3) is 29.1 Å². The number of hydrogen-bond donors (Lipinski definition) is 2. The highest BCUT2D eigenvalue weighted by Gasteiger charge is 2.12. The average molecular weight is 485 g/mol. The van der Waals surface area contributed by atoms with E-state index in [9.17, 15) is 4.79 Å². The minimum atomic E-state index is -0.243. The molecule has 2 N–H and O–H groups in total. The summed E-state index contributed by atoms with van der Waals surface area (Å²) in [6, 6.07) is 17.1. The normalized spacial score (nSPS) is 11.2. The summed E-state index contributed by atoms with van der Waals surface area (Å²) in [6.45, 7) is 0. The maximum atomic E-state index is 12.8. The Hall–Kier alpha value is -4.65. The zero-order valence-electron chi connectivity index (χ0n) is 20.6. The maximum Gasteiger partial charge on any atom is 0.248 e. The standard InChI is InChI=1S/C29H28N2O5/c1-33-22-12-13-24(31-28(32)14-11-21-18-30-25-8-6-5-7-23(21)25)20(17-22)10-9-19-15-26(34-2)29(36-4)27(16-19)35-3/h5-18,30H,1-4H3,(H,31,32)/b10-9+,14-11+. The zero-order valence-corrected chi connectivity index (χ0v) is 20.6. The summed E-state index contributed by atoms with van der Waals surface area (Å²) in [6.07, 6.45) is 8.99. The smallest absolute Gasteiger partial charge is 0.248 e. The van der Waals surface area contributed by atoms with Crippen LogP contribution in [-0.4, -0.2) is 39.3 Å². The van der Waals surface area contributed by atoms with Crippen LogP contribution in [0.2, 0.25) is 0 Å². The van der Waals surface area contributed by atoms with Crippen molar-refractivity contribution in [3.63, 3.8) is 0 Å². The van der Waals surface area contributed by atoms with Crippen LogP contribution in [0.4, 0.5) is 5.69 Å². The highest BCUT2D eigenvalue weighted by molar-refractivity contribution is 6.04. The van der Waals surface area contributed by atoms with Gasteiger partial charge in [0.1, 0.15) is 5.75 Å². The lowest BCUT2D eigenvalue weighted by Crippen LogP contribution is -2.09. The zero-order chi connectivity index (χ0) is 25.5. The number of aromatic amines is 1. The van der Waals surface area contributed by atoms with Crippen LogP contribution >= 0.6 is 0 Å². The molecule has 7 heteroatoms.